The third-order valence-electron chi connectivity index (χ3n) is 3.14. The van der Waals surface area contributed by atoms with Gasteiger partial charge >= 0.3 is 0 Å². The van der Waals surface area contributed by atoms with Crippen molar-refractivity contribution in [1.29, 1.82) is 0 Å². The SMILES string of the molecule is [2H][C@@H](C)CN1CCC(O)(C2CC2)C1. The topological polar surface area (TPSA) is 23.5 Å². The van der Waals surface area contributed by atoms with E-state index in [4.69, 9.17) is 1.37 Å². The number of hydrogen-bond donors (Lipinski definition) is 1. The molecule has 12 heavy (non-hydrogen) atoms. The Morgan fingerprint density at radius 1 is 1.67 bits per heavy atom. The van der Waals surface area contributed by atoms with Gasteiger partial charge in [-0.05, 0) is 38.1 Å². The zero-order valence-electron chi connectivity index (χ0n) is 8.79. The van der Waals surface area contributed by atoms with Gasteiger partial charge in [-0.1, -0.05) is 6.92 Å². The van der Waals surface area contributed by atoms with Crippen molar-refractivity contribution < 1.29 is 6.48 Å². The fraction of sp³-hybridized carbons (Fsp3) is 1.00. The molecule has 2 rings (SSSR count). The molecule has 2 atom stereocenters. The van der Waals surface area contributed by atoms with Gasteiger partial charge in [-0.2, -0.15) is 0 Å². The number of likely N-dealkylation sites (tertiary alicyclic amines) is 1. The summed E-state index contributed by atoms with van der Waals surface area (Å²) in [6.07, 6.45) is 3.31. The third-order valence-corrected chi connectivity index (χ3v) is 3.14. The molecule has 0 radical (unpaired) electrons. The van der Waals surface area contributed by atoms with Gasteiger partial charge in [-0.15, -0.1) is 0 Å². The summed E-state index contributed by atoms with van der Waals surface area (Å²) >= 11 is 0. The Kier molecular flexibility index (Phi) is 1.84. The Morgan fingerprint density at radius 2 is 2.42 bits per heavy atom. The number of aliphatic hydroxyl groups is 1. The number of rotatable bonds is 3. The van der Waals surface area contributed by atoms with Crippen molar-refractivity contribution in [2.75, 3.05) is 19.6 Å². The van der Waals surface area contributed by atoms with Crippen LogP contribution in [-0.2, 0) is 0 Å². The van der Waals surface area contributed by atoms with Crippen molar-refractivity contribution in [3.63, 3.8) is 0 Å². The molecule has 0 bridgehead atoms. The Labute approximate surface area is 76.0 Å². The molecule has 0 aromatic heterocycles. The summed E-state index contributed by atoms with van der Waals surface area (Å²) < 4.78 is 7.47. The number of nitrogens with zero attached hydrogens (tertiary/aromatic N) is 1. The Morgan fingerprint density at radius 3 is 3.00 bits per heavy atom. The van der Waals surface area contributed by atoms with Crippen LogP contribution in [0.25, 0.3) is 0 Å². The standard InChI is InChI=1S/C10H19NO/c1-2-6-11-7-5-10(12,8-11)9-3-4-9/h9,12H,2-8H2,1H3/i2D/t2-,10?/m0/s1. The van der Waals surface area contributed by atoms with E-state index in [2.05, 4.69) is 4.90 Å². The highest BCUT2D eigenvalue weighted by Gasteiger charge is 2.47. The second kappa shape index (κ2) is 3.00. The third kappa shape index (κ3) is 1.50. The van der Waals surface area contributed by atoms with Crippen LogP contribution in [0, 0.1) is 5.92 Å². The molecule has 2 heteroatoms. The molecule has 0 amide bonds. The van der Waals surface area contributed by atoms with Gasteiger partial charge in [0.15, 0.2) is 0 Å². The van der Waals surface area contributed by atoms with Gasteiger partial charge < -0.3 is 10.0 Å². The molecular formula is C10H19NO. The molecule has 0 aromatic carbocycles. The van der Waals surface area contributed by atoms with E-state index in [1.165, 1.54) is 12.8 Å². The minimum absolute atomic E-state index is 0.0263. The average Bonchev–Trinajstić information content (AvgIpc) is 2.78. The van der Waals surface area contributed by atoms with E-state index in [-0.39, 0.29) is 6.40 Å². The fourth-order valence-electron chi connectivity index (χ4n) is 2.26. The smallest absolute Gasteiger partial charge is 0.0814 e. The molecule has 1 N–H and O–H groups in total. The number of hydrogen-bond acceptors (Lipinski definition) is 2. The van der Waals surface area contributed by atoms with Gasteiger partial charge in [0, 0.05) is 14.5 Å². The van der Waals surface area contributed by atoms with Crippen LogP contribution in [0.4, 0.5) is 0 Å². The van der Waals surface area contributed by atoms with E-state index in [9.17, 15) is 5.11 Å². The van der Waals surface area contributed by atoms with E-state index >= 15 is 0 Å². The molecule has 1 saturated heterocycles. The first-order valence-electron chi connectivity index (χ1n) is 5.55. The van der Waals surface area contributed by atoms with Crippen LogP contribution in [-0.4, -0.2) is 35.2 Å². The van der Waals surface area contributed by atoms with Crippen LogP contribution in [0.5, 0.6) is 0 Å². The van der Waals surface area contributed by atoms with Crippen LogP contribution in [0.3, 0.4) is 0 Å². The lowest BCUT2D eigenvalue weighted by Crippen LogP contribution is -2.35. The van der Waals surface area contributed by atoms with Crippen LogP contribution in [0.2, 0.25) is 0 Å². The van der Waals surface area contributed by atoms with E-state index in [0.29, 0.717) is 5.92 Å². The monoisotopic (exact) mass is 170 g/mol. The van der Waals surface area contributed by atoms with Crippen molar-refractivity contribution >= 4 is 0 Å². The second-order valence-corrected chi connectivity index (χ2v) is 4.27. The molecule has 2 fully saturated rings. The molecule has 0 aromatic rings. The Hall–Kier alpha value is -0.0800. The first-order valence-corrected chi connectivity index (χ1v) is 4.97. The van der Waals surface area contributed by atoms with Gasteiger partial charge in [0.05, 0.1) is 5.60 Å². The summed E-state index contributed by atoms with van der Waals surface area (Å²) in [5.41, 5.74) is -0.394. The van der Waals surface area contributed by atoms with Gasteiger partial charge in [0.2, 0.25) is 0 Å². The van der Waals surface area contributed by atoms with Gasteiger partial charge in [-0.3, -0.25) is 0 Å². The summed E-state index contributed by atoms with van der Waals surface area (Å²) in [4.78, 5) is 2.23. The molecule has 1 heterocycles. The van der Waals surface area contributed by atoms with Crippen LogP contribution < -0.4 is 0 Å². The predicted octanol–water partition coefficient (Wildman–Crippen LogP) is 1.24. The highest BCUT2D eigenvalue weighted by Crippen LogP contribution is 2.44. The highest BCUT2D eigenvalue weighted by molar-refractivity contribution is 5.00. The normalized spacial score (nSPS) is 41.3. The lowest BCUT2D eigenvalue weighted by Gasteiger charge is -2.22. The zero-order valence-corrected chi connectivity index (χ0v) is 7.79. The van der Waals surface area contributed by atoms with Gasteiger partial charge in [0.25, 0.3) is 0 Å². The zero-order chi connectivity index (χ0) is 9.47. The molecule has 1 aliphatic carbocycles. The van der Waals surface area contributed by atoms with Crippen molar-refractivity contribution in [2.45, 2.75) is 38.2 Å². The fourth-order valence-corrected chi connectivity index (χ4v) is 2.26. The molecule has 2 aliphatic rings. The molecular weight excluding hydrogens is 150 g/mol. The quantitative estimate of drug-likeness (QED) is 0.689. The minimum Gasteiger partial charge on any atom is -0.388 e. The van der Waals surface area contributed by atoms with E-state index in [1.54, 1.807) is 0 Å². The number of β-amino-alcohol motifs (C(OH)–C–C–N with tert-alkyl or cyclic N) is 1. The summed E-state index contributed by atoms with van der Waals surface area (Å²) in [6.45, 7) is 4.51. The molecule has 0 spiro atoms. The van der Waals surface area contributed by atoms with E-state index in [0.717, 1.165) is 26.1 Å². The molecule has 2 nitrogen and oxygen atoms in total. The second-order valence-electron chi connectivity index (χ2n) is 4.27. The molecule has 70 valence electrons. The largest absolute Gasteiger partial charge is 0.388 e. The maximum atomic E-state index is 10.2. The Bertz CT molecular complexity index is 193. The van der Waals surface area contributed by atoms with Gasteiger partial charge in [-0.25, -0.2) is 0 Å². The molecule has 1 aliphatic heterocycles. The maximum Gasteiger partial charge on any atom is 0.0814 e. The molecule has 1 saturated carbocycles. The summed E-state index contributed by atoms with van der Waals surface area (Å²) in [6, 6.07) is 0. The van der Waals surface area contributed by atoms with Gasteiger partial charge in [0.1, 0.15) is 0 Å². The van der Waals surface area contributed by atoms with E-state index < -0.39 is 5.60 Å². The summed E-state index contributed by atoms with van der Waals surface area (Å²) in [5, 5.41) is 10.2. The highest BCUT2D eigenvalue weighted by atomic mass is 16.3. The van der Waals surface area contributed by atoms with Crippen molar-refractivity contribution in [3.8, 4) is 0 Å². The minimum atomic E-state index is -0.394. The lowest BCUT2D eigenvalue weighted by molar-refractivity contribution is 0.0271. The molecule has 1 unspecified atom stereocenters. The van der Waals surface area contributed by atoms with Crippen molar-refractivity contribution in [2.24, 2.45) is 5.92 Å². The first kappa shape index (κ1) is 7.34. The van der Waals surface area contributed by atoms with Crippen LogP contribution in [0.15, 0.2) is 0 Å². The van der Waals surface area contributed by atoms with Crippen LogP contribution >= 0.6 is 0 Å². The van der Waals surface area contributed by atoms with Crippen molar-refractivity contribution in [1.82, 2.24) is 4.90 Å². The van der Waals surface area contributed by atoms with E-state index in [1.807, 2.05) is 6.92 Å². The summed E-state index contributed by atoms with van der Waals surface area (Å²) in [5.74, 6) is 0.568. The summed E-state index contributed by atoms with van der Waals surface area (Å²) in [7, 11) is 0. The maximum absolute atomic E-state index is 10.2. The first-order chi connectivity index (χ1) is 6.10. The van der Waals surface area contributed by atoms with Crippen molar-refractivity contribution in [3.05, 3.63) is 0 Å². The Balaban J connectivity index is 1.85. The lowest BCUT2D eigenvalue weighted by atomic mass is 9.97. The predicted molar refractivity (Wildman–Crippen MR) is 49.0 cm³/mol. The average molecular weight is 170 g/mol. The van der Waals surface area contributed by atoms with Crippen LogP contribution in [0.1, 0.15) is 34.0 Å².